The number of fused-ring (bicyclic) bond motifs is 2. The normalized spacial score (nSPS) is 74.4. The molecule has 0 bridgehead atoms. The highest BCUT2D eigenvalue weighted by Crippen LogP contribution is 2.65. The van der Waals surface area contributed by atoms with E-state index in [0.717, 1.165) is 13.2 Å². The van der Waals surface area contributed by atoms with E-state index in [4.69, 9.17) is 9.47 Å². The first-order valence-electron chi connectivity index (χ1n) is 3.92. The summed E-state index contributed by atoms with van der Waals surface area (Å²) in [5.41, 5.74) is 0.449. The second-order valence-corrected chi connectivity index (χ2v) is 3.85. The van der Waals surface area contributed by atoms with Crippen LogP contribution in [0.15, 0.2) is 0 Å². The van der Waals surface area contributed by atoms with Gasteiger partial charge in [-0.1, -0.05) is 0 Å². The van der Waals surface area contributed by atoms with E-state index in [-0.39, 0.29) is 0 Å². The summed E-state index contributed by atoms with van der Waals surface area (Å²) in [5.74, 6) is 0. The molecule has 1 spiro atoms. The molecule has 10 heavy (non-hydrogen) atoms. The van der Waals surface area contributed by atoms with E-state index in [0.29, 0.717) is 29.7 Å². The third kappa shape index (κ3) is 0.247. The molecule has 1 aliphatic carbocycles. The van der Waals surface area contributed by atoms with Gasteiger partial charge in [0.15, 0.2) is 0 Å². The Morgan fingerprint density at radius 2 is 2.50 bits per heavy atom. The molecule has 5 atom stereocenters. The summed E-state index contributed by atoms with van der Waals surface area (Å²) in [5, 5.41) is 3.47. The Morgan fingerprint density at radius 3 is 3.30 bits per heavy atom. The fourth-order valence-electron chi connectivity index (χ4n) is 2.94. The standard InChI is InChI=1S/C7H9NO2/c1-3-7(2-9-1)5(8-3)4-6(7)10-4/h3-6,8H,1-2H2. The minimum Gasteiger partial charge on any atom is -0.379 e. The summed E-state index contributed by atoms with van der Waals surface area (Å²) in [6, 6.07) is 1.28. The number of rotatable bonds is 0. The Hall–Kier alpha value is -0.120. The van der Waals surface area contributed by atoms with Crippen LogP contribution in [-0.4, -0.2) is 37.5 Å². The first-order chi connectivity index (χ1) is 4.93. The molecule has 0 aromatic carbocycles. The number of ether oxygens (including phenoxy) is 2. The van der Waals surface area contributed by atoms with Crippen LogP contribution >= 0.6 is 0 Å². The fraction of sp³-hybridized carbons (Fsp3) is 1.00. The van der Waals surface area contributed by atoms with E-state index in [2.05, 4.69) is 5.32 Å². The first kappa shape index (κ1) is 4.70. The van der Waals surface area contributed by atoms with E-state index in [1.807, 2.05) is 0 Å². The van der Waals surface area contributed by atoms with Crippen LogP contribution in [0.5, 0.6) is 0 Å². The highest BCUT2D eigenvalue weighted by atomic mass is 16.6. The van der Waals surface area contributed by atoms with Crippen LogP contribution in [0.4, 0.5) is 0 Å². The van der Waals surface area contributed by atoms with E-state index in [1.165, 1.54) is 0 Å². The van der Waals surface area contributed by atoms with Crippen molar-refractivity contribution in [3.05, 3.63) is 0 Å². The molecule has 4 fully saturated rings. The second kappa shape index (κ2) is 1.05. The average molecular weight is 139 g/mol. The molecule has 3 heteroatoms. The van der Waals surface area contributed by atoms with Crippen LogP contribution in [0, 0.1) is 5.41 Å². The first-order valence-corrected chi connectivity index (χ1v) is 3.92. The molecule has 3 aliphatic heterocycles. The zero-order valence-corrected chi connectivity index (χ0v) is 5.54. The van der Waals surface area contributed by atoms with Crippen molar-refractivity contribution in [1.82, 2.24) is 5.32 Å². The predicted octanol–water partition coefficient (Wildman–Crippen LogP) is -0.876. The smallest absolute Gasteiger partial charge is 0.101 e. The van der Waals surface area contributed by atoms with Crippen LogP contribution < -0.4 is 5.32 Å². The monoisotopic (exact) mass is 139 g/mol. The van der Waals surface area contributed by atoms with Gasteiger partial charge in [-0.2, -0.15) is 0 Å². The summed E-state index contributed by atoms with van der Waals surface area (Å²) < 4.78 is 10.9. The van der Waals surface area contributed by atoms with Crippen LogP contribution in [0.1, 0.15) is 0 Å². The van der Waals surface area contributed by atoms with Gasteiger partial charge in [-0.15, -0.1) is 0 Å². The van der Waals surface area contributed by atoms with Crippen molar-refractivity contribution in [2.45, 2.75) is 24.3 Å². The van der Waals surface area contributed by atoms with Crippen molar-refractivity contribution in [1.29, 1.82) is 0 Å². The zero-order valence-electron chi connectivity index (χ0n) is 5.54. The molecule has 1 N–H and O–H groups in total. The summed E-state index contributed by atoms with van der Waals surface area (Å²) in [7, 11) is 0. The van der Waals surface area contributed by atoms with Gasteiger partial charge in [0.25, 0.3) is 0 Å². The third-order valence-electron chi connectivity index (χ3n) is 3.63. The summed E-state index contributed by atoms with van der Waals surface area (Å²) in [6.45, 7) is 1.85. The Bertz CT molecular complexity index is 214. The Morgan fingerprint density at radius 1 is 1.50 bits per heavy atom. The van der Waals surface area contributed by atoms with Crippen LogP contribution in [0.25, 0.3) is 0 Å². The lowest BCUT2D eigenvalue weighted by Gasteiger charge is -2.56. The molecular weight excluding hydrogens is 130 g/mol. The summed E-state index contributed by atoms with van der Waals surface area (Å²) in [6.07, 6.45) is 1.14. The molecule has 4 rings (SSSR count). The maximum atomic E-state index is 5.48. The summed E-state index contributed by atoms with van der Waals surface area (Å²) in [4.78, 5) is 0. The quantitative estimate of drug-likeness (QED) is 0.443. The predicted molar refractivity (Wildman–Crippen MR) is 32.6 cm³/mol. The minimum absolute atomic E-state index is 0.449. The molecule has 0 radical (unpaired) electrons. The van der Waals surface area contributed by atoms with Gasteiger partial charge < -0.3 is 14.8 Å². The third-order valence-corrected chi connectivity index (χ3v) is 3.63. The maximum Gasteiger partial charge on any atom is 0.101 e. The Kier molecular flexibility index (Phi) is 0.495. The maximum absolute atomic E-state index is 5.48. The SMILES string of the molecule is C1OCC23C1NC2C1OC13. The molecule has 0 amide bonds. The van der Waals surface area contributed by atoms with E-state index in [9.17, 15) is 0 Å². The van der Waals surface area contributed by atoms with Crippen LogP contribution in [-0.2, 0) is 9.47 Å². The topological polar surface area (TPSA) is 33.8 Å². The highest BCUT2D eigenvalue weighted by molar-refractivity contribution is 5.34. The second-order valence-electron chi connectivity index (χ2n) is 3.85. The van der Waals surface area contributed by atoms with Gasteiger partial charge in [-0.25, -0.2) is 0 Å². The van der Waals surface area contributed by atoms with E-state index in [1.54, 1.807) is 0 Å². The van der Waals surface area contributed by atoms with Gasteiger partial charge in [0.2, 0.25) is 0 Å². The van der Waals surface area contributed by atoms with Crippen molar-refractivity contribution in [3.63, 3.8) is 0 Å². The van der Waals surface area contributed by atoms with Crippen molar-refractivity contribution in [2.75, 3.05) is 13.2 Å². The molecule has 3 heterocycles. The van der Waals surface area contributed by atoms with Gasteiger partial charge >= 0.3 is 0 Å². The molecule has 5 unspecified atom stereocenters. The highest BCUT2D eigenvalue weighted by Gasteiger charge is 2.83. The largest absolute Gasteiger partial charge is 0.379 e. The summed E-state index contributed by atoms with van der Waals surface area (Å²) >= 11 is 0. The number of piperidine rings is 1. The van der Waals surface area contributed by atoms with Crippen molar-refractivity contribution >= 4 is 0 Å². The lowest BCUT2D eigenvalue weighted by molar-refractivity contribution is -0.0114. The van der Waals surface area contributed by atoms with Gasteiger partial charge in [-0.05, 0) is 0 Å². The molecule has 54 valence electrons. The van der Waals surface area contributed by atoms with E-state index >= 15 is 0 Å². The van der Waals surface area contributed by atoms with Crippen molar-refractivity contribution < 1.29 is 9.47 Å². The molecule has 0 aromatic heterocycles. The zero-order chi connectivity index (χ0) is 6.34. The lowest BCUT2D eigenvalue weighted by Crippen LogP contribution is -2.80. The van der Waals surface area contributed by atoms with Crippen molar-refractivity contribution in [3.8, 4) is 0 Å². The molecule has 0 aromatic rings. The molecule has 4 aliphatic rings. The minimum atomic E-state index is 0.449. The number of epoxide rings is 1. The average Bonchev–Trinajstić information content (AvgIpc) is 2.54. The molecule has 1 saturated carbocycles. The number of hydrogen-bond acceptors (Lipinski definition) is 3. The van der Waals surface area contributed by atoms with Crippen LogP contribution in [0.2, 0.25) is 0 Å². The fourth-order valence-corrected chi connectivity index (χ4v) is 2.94. The van der Waals surface area contributed by atoms with Gasteiger partial charge in [-0.3, -0.25) is 0 Å². The molecule has 3 saturated heterocycles. The van der Waals surface area contributed by atoms with Gasteiger partial charge in [0.1, 0.15) is 6.10 Å². The van der Waals surface area contributed by atoms with Crippen LogP contribution in [0.3, 0.4) is 0 Å². The van der Waals surface area contributed by atoms with E-state index < -0.39 is 0 Å². The Balaban J connectivity index is 1.83. The number of nitrogens with one attached hydrogen (secondary N) is 1. The number of hydrogen-bond donors (Lipinski definition) is 1. The molecule has 3 nitrogen and oxygen atoms in total. The van der Waals surface area contributed by atoms with Crippen molar-refractivity contribution in [2.24, 2.45) is 5.41 Å². The molecular formula is C7H9NO2. The Labute approximate surface area is 58.7 Å². The lowest BCUT2D eigenvalue weighted by atomic mass is 9.55. The van der Waals surface area contributed by atoms with Gasteiger partial charge in [0, 0.05) is 12.1 Å². The van der Waals surface area contributed by atoms with Gasteiger partial charge in [0.05, 0.1) is 24.7 Å².